The Hall–Kier alpha value is -8.38. The fraction of sp³-hybridized carbons (Fsp3) is 0.413. The number of likely N-dealkylation sites (tertiary alicyclic amines) is 1. The molecule has 7 aromatic rings. The van der Waals surface area contributed by atoms with Crippen molar-refractivity contribution in [2.75, 3.05) is 51.4 Å². The van der Waals surface area contributed by atoms with Crippen LogP contribution in [-0.2, 0) is 31.3 Å². The van der Waals surface area contributed by atoms with E-state index in [0.717, 1.165) is 88.0 Å². The molecule has 7 atom stereocenters. The predicted molar refractivity (Wildman–Crippen MR) is 310 cm³/mol. The number of Topliss-reactive ketones (excluding diaryl/α,β-unsaturated/α-hetero) is 1. The summed E-state index contributed by atoms with van der Waals surface area (Å²) in [7, 11) is 1.53. The number of benzene rings is 4. The predicted octanol–water partition coefficient (Wildman–Crippen LogP) is 7.97. The van der Waals surface area contributed by atoms with E-state index in [1.807, 2.05) is 88.4 Å². The smallest absolute Gasteiger partial charge is 0.319 e. The molecule has 19 nitrogen and oxygen atoms in total. The summed E-state index contributed by atoms with van der Waals surface area (Å²) in [6.07, 6.45) is 11.3. The second-order valence-corrected chi connectivity index (χ2v) is 23.2. The van der Waals surface area contributed by atoms with Crippen LogP contribution in [0.5, 0.6) is 11.8 Å². The molecule has 1 aliphatic carbocycles. The van der Waals surface area contributed by atoms with Crippen LogP contribution < -0.4 is 25.0 Å². The lowest BCUT2D eigenvalue weighted by Crippen LogP contribution is -2.55. The number of halogens is 1. The average molecular weight is 1120 g/mol. The molecular weight excluding hydrogens is 1060 g/mol. The number of hydrogen-bond donors (Lipinski definition) is 4. The number of nitrogens with zero attached hydrogens (tertiary/aromatic N) is 9. The van der Waals surface area contributed by atoms with Crippen molar-refractivity contribution in [1.29, 1.82) is 0 Å². The van der Waals surface area contributed by atoms with Crippen molar-refractivity contribution in [3.05, 3.63) is 125 Å². The second-order valence-electron chi connectivity index (χ2n) is 23.2. The number of hydrogen-bond acceptors (Lipinski definition) is 16. The van der Waals surface area contributed by atoms with Crippen LogP contribution in [0.15, 0.2) is 95.5 Å². The maximum absolute atomic E-state index is 16.2. The first-order valence-electron chi connectivity index (χ1n) is 28.4. The minimum absolute atomic E-state index is 0.0149. The van der Waals surface area contributed by atoms with Crippen LogP contribution in [0.4, 0.5) is 10.2 Å². The Bertz CT molecular complexity index is 3730. The lowest BCUT2D eigenvalue weighted by molar-refractivity contribution is -0.144. The van der Waals surface area contributed by atoms with Gasteiger partial charge in [0.25, 0.3) is 0 Å². The molecule has 5 aliphatic rings. The molecule has 83 heavy (non-hydrogen) atoms. The minimum Gasteiger partial charge on any atom is -0.486 e. The fourth-order valence-electron chi connectivity index (χ4n) is 12.5. The SMILES string of the molecule is C#C[C@@H](COc1nc(N2C[C@@H]3C[C@H]2CN3)c2cc(C3CC3)c(-c3c(C)c(F)cc4[nH]ncc34)c(OCc3ccc(C4(C)CN([C@H](C(=O)N5CC(=O)CC5C(=O)N[C@@H](CO)c5ccc(-c6cccnc6C)cc5)C(C)C)N=N4)cc3)c2n1)OC. The van der Waals surface area contributed by atoms with Crippen molar-refractivity contribution in [1.82, 2.24) is 45.7 Å². The lowest BCUT2D eigenvalue weighted by atomic mass is 9.88. The van der Waals surface area contributed by atoms with E-state index in [9.17, 15) is 19.5 Å². The van der Waals surface area contributed by atoms with Gasteiger partial charge in [-0.1, -0.05) is 79.6 Å². The third kappa shape index (κ3) is 10.5. The molecule has 1 saturated carbocycles. The number of fused-ring (bicyclic) bond motifs is 4. The number of terminal acetylenes is 1. The molecule has 20 heteroatoms. The quantitative estimate of drug-likeness (QED) is 0.0564. The van der Waals surface area contributed by atoms with Crippen molar-refractivity contribution in [2.45, 2.75) is 115 Å². The summed E-state index contributed by atoms with van der Waals surface area (Å²) in [4.78, 5) is 60.2. The number of aromatic amines is 1. The van der Waals surface area contributed by atoms with Crippen LogP contribution in [0.25, 0.3) is 44.1 Å². The van der Waals surface area contributed by atoms with E-state index in [4.69, 9.17) is 35.7 Å². The molecule has 3 saturated heterocycles. The highest BCUT2D eigenvalue weighted by molar-refractivity contribution is 6.06. The summed E-state index contributed by atoms with van der Waals surface area (Å²) in [5.41, 5.74) is 8.19. The average Bonchev–Trinajstić information content (AvgIpc) is 2.17. The number of aliphatic hydroxyl groups is 1. The number of methoxy groups -OCH3 is 1. The molecule has 428 valence electrons. The number of rotatable bonds is 19. The van der Waals surface area contributed by atoms with Crippen molar-refractivity contribution in [3.63, 3.8) is 0 Å². The van der Waals surface area contributed by atoms with E-state index in [-0.39, 0.29) is 68.2 Å². The third-order valence-corrected chi connectivity index (χ3v) is 17.2. The van der Waals surface area contributed by atoms with Gasteiger partial charge in [-0.15, -0.1) is 6.42 Å². The number of ether oxygens (including phenoxy) is 3. The Balaban J connectivity index is 0.809. The first kappa shape index (κ1) is 55.2. The molecule has 3 aromatic heterocycles. The van der Waals surface area contributed by atoms with Crippen LogP contribution in [0.2, 0.25) is 0 Å². The number of aromatic nitrogens is 5. The van der Waals surface area contributed by atoms with Gasteiger partial charge in [-0.3, -0.25) is 29.5 Å². The van der Waals surface area contributed by atoms with Crippen molar-refractivity contribution < 1.29 is 38.1 Å². The van der Waals surface area contributed by atoms with E-state index in [1.165, 1.54) is 18.1 Å². The van der Waals surface area contributed by atoms with Crippen molar-refractivity contribution >= 4 is 45.2 Å². The molecule has 0 spiro atoms. The number of aryl methyl sites for hydroxylation is 1. The van der Waals surface area contributed by atoms with Gasteiger partial charge in [0.2, 0.25) is 11.8 Å². The second kappa shape index (κ2) is 22.4. The third-order valence-electron chi connectivity index (χ3n) is 17.2. The maximum Gasteiger partial charge on any atom is 0.319 e. The van der Waals surface area contributed by atoms with Gasteiger partial charge in [0.15, 0.2) is 17.6 Å². The van der Waals surface area contributed by atoms with E-state index < -0.39 is 48.2 Å². The van der Waals surface area contributed by atoms with Crippen molar-refractivity contribution in [2.24, 2.45) is 16.3 Å². The standard InChI is InChI=1S/C63H67FN12O7/c1-8-45(81-7)32-83-62-69-56-48(59(70-62)74-28-42-22-43(74)26-66-42)24-47(39-13-14-39)55(54-35(4)50(64)25-51-49(54)27-67-71-51)58(56)82-31-37-11-19-41(20-12-37)63(6)33-76(73-72-63)57(34(2)3)61(80)75-29-44(78)23-53(75)60(79)68-52(30-77)40-17-15-38(16-18-40)46-10-9-21-65-36(46)5/h1,9-12,15-21,24-25,27,34,39,42-43,45,52-53,57,66,77H,13-14,22-23,26,28-33H2,2-7H3,(H,67,71)(H,68,79)/t42-,43-,45-,52-,53?,57-,63?/m0/s1. The van der Waals surface area contributed by atoms with Gasteiger partial charge in [0.05, 0.1) is 37.5 Å². The molecule has 7 heterocycles. The highest BCUT2D eigenvalue weighted by Gasteiger charge is 2.47. The monoisotopic (exact) mass is 1120 g/mol. The number of nitrogens with one attached hydrogen (secondary N) is 3. The number of H-pyrrole nitrogens is 1. The van der Waals surface area contributed by atoms with Crippen molar-refractivity contribution in [3.8, 4) is 46.4 Å². The zero-order valence-electron chi connectivity index (χ0n) is 47.4. The van der Waals surface area contributed by atoms with E-state index in [2.05, 4.69) is 47.9 Å². The molecule has 0 radical (unpaired) electrons. The molecule has 2 unspecified atom stereocenters. The number of pyridine rings is 1. The normalized spacial score (nSPS) is 21.3. The maximum atomic E-state index is 16.2. The zero-order valence-corrected chi connectivity index (χ0v) is 47.4. The molecule has 2 amide bonds. The lowest BCUT2D eigenvalue weighted by Gasteiger charge is -2.34. The highest BCUT2D eigenvalue weighted by Crippen LogP contribution is 2.54. The number of aliphatic hydroxyl groups excluding tert-OH is 1. The van der Waals surface area contributed by atoms with Gasteiger partial charge in [0.1, 0.15) is 48.0 Å². The number of carbonyl (C=O) groups is 3. The Labute approximate surface area is 480 Å². The summed E-state index contributed by atoms with van der Waals surface area (Å²) in [5, 5.41) is 36.9. The number of piperazine rings is 1. The largest absolute Gasteiger partial charge is 0.486 e. The Morgan fingerprint density at radius 3 is 2.51 bits per heavy atom. The molecule has 4 N–H and O–H groups in total. The van der Waals surface area contributed by atoms with Gasteiger partial charge in [-0.25, -0.2) is 4.39 Å². The van der Waals surface area contributed by atoms with Crippen LogP contribution >= 0.6 is 0 Å². The Morgan fingerprint density at radius 2 is 1.82 bits per heavy atom. The summed E-state index contributed by atoms with van der Waals surface area (Å²) < 4.78 is 35.0. The van der Waals surface area contributed by atoms with Crippen LogP contribution in [0.3, 0.4) is 0 Å². The summed E-state index contributed by atoms with van der Waals surface area (Å²) in [5.74, 6) is 2.14. The first-order valence-corrected chi connectivity index (χ1v) is 28.4. The summed E-state index contributed by atoms with van der Waals surface area (Å²) in [6.45, 7) is 10.8. The number of anilines is 1. The van der Waals surface area contributed by atoms with Gasteiger partial charge >= 0.3 is 6.01 Å². The minimum atomic E-state index is -1.08. The Kier molecular flexibility index (Phi) is 14.9. The molecule has 4 fully saturated rings. The van der Waals surface area contributed by atoms with Gasteiger partial charge < -0.3 is 39.8 Å². The number of carbonyl (C=O) groups excluding carboxylic acids is 3. The van der Waals surface area contributed by atoms with Gasteiger partial charge in [-0.2, -0.15) is 20.2 Å². The van der Waals surface area contributed by atoms with Crippen LogP contribution in [0.1, 0.15) is 91.9 Å². The first-order chi connectivity index (χ1) is 40.1. The van der Waals surface area contributed by atoms with Gasteiger partial charge in [0, 0.05) is 78.1 Å². The fourth-order valence-corrected chi connectivity index (χ4v) is 12.5. The van der Waals surface area contributed by atoms with Crippen LogP contribution in [0, 0.1) is 37.9 Å². The Morgan fingerprint density at radius 1 is 1.02 bits per heavy atom. The molecular formula is C63H67FN12O7. The molecule has 2 bridgehead atoms. The summed E-state index contributed by atoms with van der Waals surface area (Å²) >= 11 is 0. The number of ketones is 1. The highest BCUT2D eigenvalue weighted by atomic mass is 19.1. The van der Waals surface area contributed by atoms with E-state index in [0.29, 0.717) is 39.5 Å². The van der Waals surface area contributed by atoms with Crippen LogP contribution in [-0.4, -0.2) is 135 Å². The number of amides is 2. The van der Waals surface area contributed by atoms with E-state index >= 15 is 4.39 Å². The topological polar surface area (TPSA) is 225 Å². The molecule has 12 rings (SSSR count). The van der Waals surface area contributed by atoms with Gasteiger partial charge in [-0.05, 0) is 103 Å². The summed E-state index contributed by atoms with van der Waals surface area (Å²) in [6, 6.07) is 20.8. The molecule has 4 aliphatic heterocycles. The molecule has 4 aromatic carbocycles. The zero-order chi connectivity index (χ0) is 57.8. The van der Waals surface area contributed by atoms with E-state index in [1.54, 1.807) is 24.3 Å².